The number of aliphatic carboxylic acids is 1. The fourth-order valence-electron chi connectivity index (χ4n) is 1.66. The number of carboxylic acid groups (broad SMARTS) is 1. The van der Waals surface area contributed by atoms with Crippen molar-refractivity contribution in [2.45, 2.75) is 25.8 Å². The highest BCUT2D eigenvalue weighted by molar-refractivity contribution is 5.94. The zero-order valence-corrected chi connectivity index (χ0v) is 11.5. The van der Waals surface area contributed by atoms with Crippen molar-refractivity contribution in [3.8, 4) is 0 Å². The smallest absolute Gasteiger partial charge is 0.303 e. The van der Waals surface area contributed by atoms with Crippen LogP contribution in [0.5, 0.6) is 0 Å². The summed E-state index contributed by atoms with van der Waals surface area (Å²) in [5.41, 5.74) is 1.52. The summed E-state index contributed by atoms with van der Waals surface area (Å²) in [6.07, 6.45) is 0.707. The highest BCUT2D eigenvalue weighted by atomic mass is 16.4. The van der Waals surface area contributed by atoms with E-state index in [0.29, 0.717) is 12.0 Å². The van der Waals surface area contributed by atoms with Crippen molar-refractivity contribution < 1.29 is 14.7 Å². The number of nitrogens with zero attached hydrogens (tertiary/aromatic N) is 1. The van der Waals surface area contributed by atoms with Crippen LogP contribution < -0.4 is 5.32 Å². The van der Waals surface area contributed by atoms with E-state index < -0.39 is 5.97 Å². The van der Waals surface area contributed by atoms with Gasteiger partial charge in [-0.2, -0.15) is 0 Å². The number of rotatable bonds is 6. The zero-order valence-electron chi connectivity index (χ0n) is 11.5. The Morgan fingerprint density at radius 3 is 2.32 bits per heavy atom. The van der Waals surface area contributed by atoms with E-state index in [1.807, 2.05) is 19.1 Å². The first-order valence-corrected chi connectivity index (χ1v) is 6.20. The number of carbonyl (C=O) groups is 2. The van der Waals surface area contributed by atoms with E-state index in [4.69, 9.17) is 5.11 Å². The van der Waals surface area contributed by atoms with Crippen molar-refractivity contribution in [2.75, 3.05) is 19.4 Å². The van der Waals surface area contributed by atoms with Gasteiger partial charge >= 0.3 is 5.97 Å². The molecule has 1 aromatic carbocycles. The van der Waals surface area contributed by atoms with Gasteiger partial charge in [-0.1, -0.05) is 0 Å². The molecule has 2 N–H and O–H groups in total. The van der Waals surface area contributed by atoms with Crippen LogP contribution in [-0.4, -0.2) is 42.0 Å². The second-order valence-electron chi connectivity index (χ2n) is 4.75. The highest BCUT2D eigenvalue weighted by Crippen LogP contribution is 2.13. The molecule has 1 atom stereocenters. The molecule has 5 heteroatoms. The van der Waals surface area contributed by atoms with Crippen LogP contribution in [-0.2, 0) is 4.79 Å². The Morgan fingerprint density at radius 1 is 1.26 bits per heavy atom. The quantitative estimate of drug-likeness (QED) is 0.825. The van der Waals surface area contributed by atoms with Crippen molar-refractivity contribution in [1.82, 2.24) is 4.90 Å². The van der Waals surface area contributed by atoms with Gasteiger partial charge in [0.15, 0.2) is 0 Å². The summed E-state index contributed by atoms with van der Waals surface area (Å²) in [5, 5.41) is 11.8. The van der Waals surface area contributed by atoms with Crippen molar-refractivity contribution in [2.24, 2.45) is 0 Å². The van der Waals surface area contributed by atoms with Crippen LogP contribution in [0.3, 0.4) is 0 Å². The van der Waals surface area contributed by atoms with Gasteiger partial charge in [0.25, 0.3) is 5.91 Å². The minimum absolute atomic E-state index is 0.0366. The SMILES string of the molecule is CC(CCC(=O)O)Nc1ccc(C(=O)N(C)C)cc1. The molecule has 0 saturated carbocycles. The Bertz CT molecular complexity index is 441. The molecule has 0 radical (unpaired) electrons. The number of amides is 1. The fraction of sp³-hybridized carbons (Fsp3) is 0.429. The lowest BCUT2D eigenvalue weighted by Gasteiger charge is -2.15. The van der Waals surface area contributed by atoms with Gasteiger partial charge in [-0.3, -0.25) is 9.59 Å². The Hall–Kier alpha value is -2.04. The van der Waals surface area contributed by atoms with Gasteiger partial charge < -0.3 is 15.3 Å². The summed E-state index contributed by atoms with van der Waals surface area (Å²) in [4.78, 5) is 23.7. The molecular weight excluding hydrogens is 244 g/mol. The summed E-state index contributed by atoms with van der Waals surface area (Å²) in [6, 6.07) is 7.25. The minimum atomic E-state index is -0.791. The van der Waals surface area contributed by atoms with Crippen LogP contribution in [0.25, 0.3) is 0 Å². The van der Waals surface area contributed by atoms with E-state index in [0.717, 1.165) is 5.69 Å². The van der Waals surface area contributed by atoms with Gasteiger partial charge in [-0.15, -0.1) is 0 Å². The van der Waals surface area contributed by atoms with Crippen LogP contribution in [0.2, 0.25) is 0 Å². The predicted octanol–water partition coefficient (Wildman–Crippen LogP) is 2.05. The van der Waals surface area contributed by atoms with Crippen LogP contribution in [0.4, 0.5) is 5.69 Å². The van der Waals surface area contributed by atoms with E-state index in [-0.39, 0.29) is 18.4 Å². The molecule has 5 nitrogen and oxygen atoms in total. The molecule has 0 aliphatic rings. The maximum Gasteiger partial charge on any atom is 0.303 e. The Labute approximate surface area is 113 Å². The zero-order chi connectivity index (χ0) is 14.4. The summed E-state index contributed by atoms with van der Waals surface area (Å²) in [7, 11) is 3.42. The van der Waals surface area contributed by atoms with Crippen molar-refractivity contribution in [1.29, 1.82) is 0 Å². The van der Waals surface area contributed by atoms with Gasteiger partial charge in [-0.05, 0) is 37.6 Å². The van der Waals surface area contributed by atoms with Crippen molar-refractivity contribution >= 4 is 17.6 Å². The van der Waals surface area contributed by atoms with Crippen LogP contribution in [0.1, 0.15) is 30.1 Å². The van der Waals surface area contributed by atoms with E-state index in [9.17, 15) is 9.59 Å². The van der Waals surface area contributed by atoms with Gasteiger partial charge in [0.2, 0.25) is 0 Å². The minimum Gasteiger partial charge on any atom is -0.481 e. The number of benzene rings is 1. The van der Waals surface area contributed by atoms with E-state index >= 15 is 0 Å². The van der Waals surface area contributed by atoms with E-state index in [1.165, 1.54) is 4.90 Å². The van der Waals surface area contributed by atoms with Crippen LogP contribution >= 0.6 is 0 Å². The number of nitrogens with one attached hydrogen (secondary N) is 1. The molecule has 0 bridgehead atoms. The largest absolute Gasteiger partial charge is 0.481 e. The molecule has 1 unspecified atom stereocenters. The molecule has 0 spiro atoms. The molecule has 0 aromatic heterocycles. The number of carbonyl (C=O) groups excluding carboxylic acids is 1. The van der Waals surface area contributed by atoms with Crippen molar-refractivity contribution in [3.05, 3.63) is 29.8 Å². The van der Waals surface area contributed by atoms with Crippen LogP contribution in [0, 0.1) is 0 Å². The molecule has 0 aliphatic heterocycles. The average Bonchev–Trinajstić information content (AvgIpc) is 2.36. The van der Waals surface area contributed by atoms with Gasteiger partial charge in [-0.25, -0.2) is 0 Å². The number of anilines is 1. The van der Waals surface area contributed by atoms with Crippen LogP contribution in [0.15, 0.2) is 24.3 Å². The second-order valence-corrected chi connectivity index (χ2v) is 4.75. The van der Waals surface area contributed by atoms with E-state index in [2.05, 4.69) is 5.32 Å². The molecule has 0 fully saturated rings. The third-order valence-corrected chi connectivity index (χ3v) is 2.74. The normalized spacial score (nSPS) is 11.7. The topological polar surface area (TPSA) is 69.6 Å². The maximum absolute atomic E-state index is 11.7. The number of carboxylic acids is 1. The molecule has 1 rings (SSSR count). The molecule has 104 valence electrons. The molecule has 0 aliphatic carbocycles. The monoisotopic (exact) mass is 264 g/mol. The lowest BCUT2D eigenvalue weighted by molar-refractivity contribution is -0.137. The summed E-state index contributed by atoms with van der Waals surface area (Å²) >= 11 is 0. The summed E-state index contributed by atoms with van der Waals surface area (Å²) in [5.74, 6) is -0.828. The molecular formula is C14H20N2O3. The van der Waals surface area contributed by atoms with Gasteiger partial charge in [0.05, 0.1) is 0 Å². The molecule has 1 aromatic rings. The summed E-state index contributed by atoms with van der Waals surface area (Å²) < 4.78 is 0. The Morgan fingerprint density at radius 2 is 1.84 bits per heavy atom. The highest BCUT2D eigenvalue weighted by Gasteiger charge is 2.08. The first kappa shape index (κ1) is 15.0. The number of hydrogen-bond acceptors (Lipinski definition) is 3. The Balaban J connectivity index is 2.57. The lowest BCUT2D eigenvalue weighted by Crippen LogP contribution is -2.21. The molecule has 0 saturated heterocycles. The molecule has 19 heavy (non-hydrogen) atoms. The third kappa shape index (κ3) is 4.99. The standard InChI is InChI=1S/C14H20N2O3/c1-10(4-9-13(17)18)15-12-7-5-11(6-8-12)14(19)16(2)3/h5-8,10,15H,4,9H2,1-3H3,(H,17,18). The first-order valence-electron chi connectivity index (χ1n) is 6.20. The predicted molar refractivity (Wildman–Crippen MR) is 74.4 cm³/mol. The van der Waals surface area contributed by atoms with Crippen molar-refractivity contribution in [3.63, 3.8) is 0 Å². The van der Waals surface area contributed by atoms with Gasteiger partial charge in [0, 0.05) is 37.8 Å². The number of hydrogen-bond donors (Lipinski definition) is 2. The first-order chi connectivity index (χ1) is 8.90. The lowest BCUT2D eigenvalue weighted by atomic mass is 10.1. The Kier molecular flexibility index (Phi) is 5.36. The maximum atomic E-state index is 11.7. The molecule has 1 amide bonds. The second kappa shape index (κ2) is 6.78. The third-order valence-electron chi connectivity index (χ3n) is 2.74. The summed E-state index contributed by atoms with van der Waals surface area (Å²) in [6.45, 7) is 1.93. The van der Waals surface area contributed by atoms with Gasteiger partial charge in [0.1, 0.15) is 0 Å². The van der Waals surface area contributed by atoms with E-state index in [1.54, 1.807) is 26.2 Å². The fourth-order valence-corrected chi connectivity index (χ4v) is 1.66. The molecule has 0 heterocycles. The average molecular weight is 264 g/mol.